The number of nitrogens with zero attached hydrogens (tertiary/aromatic N) is 6. The fraction of sp³-hybridized carbons (Fsp3) is 0.516. The number of hydrogen-bond acceptors (Lipinski definition) is 11. The molecule has 0 aliphatic carbocycles. The van der Waals surface area contributed by atoms with E-state index < -0.39 is 8.32 Å². The molecule has 2 saturated heterocycles. The Morgan fingerprint density at radius 2 is 1.91 bits per heavy atom. The minimum Gasteiger partial charge on any atom is -0.444 e. The van der Waals surface area contributed by atoms with Gasteiger partial charge in [-0.2, -0.15) is 4.98 Å². The third-order valence-corrected chi connectivity index (χ3v) is 14.3. The number of anilines is 3. The molecule has 234 valence electrons. The molecule has 2 fully saturated rings. The van der Waals surface area contributed by atoms with Gasteiger partial charge in [0.1, 0.15) is 6.26 Å². The van der Waals surface area contributed by atoms with E-state index in [2.05, 4.69) is 58.9 Å². The SMILES string of the molecule is Cc1cc(-c2nc(C(=O)Nc3cc4sc(N5CCOCC5)nc4nc3N3CCC[C@@H](O[Si](C)(C)C(C)(C)C)C3)co2)ccn1. The Labute approximate surface area is 263 Å². The van der Waals surface area contributed by atoms with Crippen molar-refractivity contribution in [2.75, 3.05) is 54.5 Å². The molecular weight excluding hydrogens is 595 g/mol. The third-order valence-electron chi connectivity index (χ3n) is 8.71. The fourth-order valence-electron chi connectivity index (χ4n) is 5.26. The number of carbonyl (C=O) groups excluding carboxylic acids is 1. The molecule has 1 N–H and O–H groups in total. The van der Waals surface area contributed by atoms with Crippen LogP contribution in [-0.2, 0) is 9.16 Å². The van der Waals surface area contributed by atoms with Crippen LogP contribution >= 0.6 is 11.3 Å². The minimum atomic E-state index is -1.96. The summed E-state index contributed by atoms with van der Waals surface area (Å²) in [6, 6.07) is 5.67. The first-order valence-corrected chi connectivity index (χ1v) is 19.0. The molecule has 4 aromatic rings. The highest BCUT2D eigenvalue weighted by atomic mass is 32.1. The van der Waals surface area contributed by atoms with Gasteiger partial charge >= 0.3 is 0 Å². The molecule has 44 heavy (non-hydrogen) atoms. The van der Waals surface area contributed by atoms with Crippen LogP contribution in [0.15, 0.2) is 35.1 Å². The first-order chi connectivity index (χ1) is 21.0. The van der Waals surface area contributed by atoms with E-state index in [-0.39, 0.29) is 22.7 Å². The van der Waals surface area contributed by atoms with Gasteiger partial charge in [-0.05, 0) is 56.1 Å². The van der Waals surface area contributed by atoms with E-state index in [0.29, 0.717) is 42.8 Å². The number of aryl methyl sites for hydroxylation is 1. The van der Waals surface area contributed by atoms with Crippen LogP contribution in [0.4, 0.5) is 16.6 Å². The Hall–Kier alpha value is -3.39. The highest BCUT2D eigenvalue weighted by Crippen LogP contribution is 2.40. The lowest BCUT2D eigenvalue weighted by atomic mass is 10.1. The van der Waals surface area contributed by atoms with Crippen molar-refractivity contribution in [3.8, 4) is 11.5 Å². The van der Waals surface area contributed by atoms with Crippen molar-refractivity contribution >= 4 is 52.5 Å². The van der Waals surface area contributed by atoms with Gasteiger partial charge in [-0.25, -0.2) is 9.97 Å². The van der Waals surface area contributed by atoms with Crippen LogP contribution in [0.1, 0.15) is 49.8 Å². The monoisotopic (exact) mass is 635 g/mol. The van der Waals surface area contributed by atoms with Crippen LogP contribution < -0.4 is 15.1 Å². The first kappa shape index (κ1) is 30.6. The maximum absolute atomic E-state index is 13.6. The van der Waals surface area contributed by atoms with Crippen molar-refractivity contribution in [1.29, 1.82) is 0 Å². The summed E-state index contributed by atoms with van der Waals surface area (Å²) in [5.74, 6) is 0.701. The van der Waals surface area contributed by atoms with Gasteiger partial charge in [-0.3, -0.25) is 9.78 Å². The summed E-state index contributed by atoms with van der Waals surface area (Å²) in [6.07, 6.45) is 5.15. The summed E-state index contributed by atoms with van der Waals surface area (Å²) in [4.78, 5) is 36.7. The predicted molar refractivity (Wildman–Crippen MR) is 176 cm³/mol. The number of nitrogens with one attached hydrogen (secondary N) is 1. The number of piperidine rings is 1. The van der Waals surface area contributed by atoms with E-state index in [0.717, 1.165) is 53.6 Å². The lowest BCUT2D eigenvalue weighted by molar-refractivity contribution is 0.102. The second-order valence-corrected chi connectivity index (χ2v) is 18.8. The first-order valence-electron chi connectivity index (χ1n) is 15.2. The molecule has 1 amide bonds. The molecule has 0 spiro atoms. The molecule has 4 aromatic heterocycles. The summed E-state index contributed by atoms with van der Waals surface area (Å²) in [5, 5.41) is 4.14. The number of morpholine rings is 1. The van der Waals surface area contributed by atoms with Gasteiger partial charge < -0.3 is 28.7 Å². The molecule has 2 aliphatic heterocycles. The number of rotatable bonds is 7. The van der Waals surface area contributed by atoms with E-state index in [9.17, 15) is 4.79 Å². The number of carbonyl (C=O) groups is 1. The van der Waals surface area contributed by atoms with E-state index >= 15 is 0 Å². The highest BCUT2D eigenvalue weighted by Gasteiger charge is 2.40. The molecule has 0 radical (unpaired) electrons. The van der Waals surface area contributed by atoms with Gasteiger partial charge in [-0.1, -0.05) is 32.1 Å². The summed E-state index contributed by atoms with van der Waals surface area (Å²) in [7, 11) is -1.96. The number of aromatic nitrogens is 4. The third kappa shape index (κ3) is 6.51. The van der Waals surface area contributed by atoms with Crippen LogP contribution in [0.3, 0.4) is 0 Å². The van der Waals surface area contributed by atoms with Crippen molar-refractivity contribution in [2.45, 2.75) is 64.8 Å². The van der Waals surface area contributed by atoms with Gasteiger partial charge in [-0.15, -0.1) is 0 Å². The fourth-order valence-corrected chi connectivity index (χ4v) is 7.64. The number of pyridine rings is 2. The van der Waals surface area contributed by atoms with Crippen LogP contribution in [-0.4, -0.2) is 79.7 Å². The molecular formula is C31H41N7O4SSi. The van der Waals surface area contributed by atoms with Crippen molar-refractivity contribution in [1.82, 2.24) is 19.9 Å². The van der Waals surface area contributed by atoms with Gasteiger partial charge in [0.25, 0.3) is 5.91 Å². The quantitative estimate of drug-likeness (QED) is 0.238. The number of fused-ring (bicyclic) bond motifs is 1. The molecule has 13 heteroatoms. The number of ether oxygens (including phenoxy) is 1. The summed E-state index contributed by atoms with van der Waals surface area (Å²) < 4.78 is 19.0. The van der Waals surface area contributed by atoms with Crippen LogP contribution in [0.5, 0.6) is 0 Å². The lowest BCUT2D eigenvalue weighted by Gasteiger charge is -2.42. The Balaban J connectivity index is 1.31. The molecule has 0 unspecified atom stereocenters. The Kier molecular flexibility index (Phi) is 8.48. The van der Waals surface area contributed by atoms with E-state index in [1.54, 1.807) is 17.5 Å². The molecule has 6 heterocycles. The van der Waals surface area contributed by atoms with Crippen LogP contribution in [0.25, 0.3) is 21.8 Å². The highest BCUT2D eigenvalue weighted by molar-refractivity contribution is 7.22. The summed E-state index contributed by atoms with van der Waals surface area (Å²) in [5.41, 5.74) is 3.10. The molecule has 0 saturated carbocycles. The Morgan fingerprint density at radius 1 is 1.11 bits per heavy atom. The van der Waals surface area contributed by atoms with E-state index in [1.807, 2.05) is 25.1 Å². The van der Waals surface area contributed by atoms with Gasteiger partial charge in [0.15, 0.2) is 30.6 Å². The maximum Gasteiger partial charge on any atom is 0.277 e. The zero-order valence-electron chi connectivity index (χ0n) is 26.3. The lowest BCUT2D eigenvalue weighted by Crippen LogP contribution is -2.49. The second-order valence-electron chi connectivity index (χ2n) is 13.0. The molecule has 2 aliphatic rings. The van der Waals surface area contributed by atoms with Crippen LogP contribution in [0.2, 0.25) is 18.1 Å². The average Bonchev–Trinajstić information content (AvgIpc) is 3.64. The van der Waals surface area contributed by atoms with Crippen molar-refractivity contribution in [3.63, 3.8) is 0 Å². The normalized spacial score (nSPS) is 18.2. The molecule has 0 aromatic carbocycles. The zero-order chi connectivity index (χ0) is 31.1. The minimum absolute atomic E-state index is 0.0898. The van der Waals surface area contributed by atoms with Crippen molar-refractivity contribution < 1.29 is 18.4 Å². The van der Waals surface area contributed by atoms with Crippen molar-refractivity contribution in [2.24, 2.45) is 0 Å². The number of oxazole rings is 1. The topological polar surface area (TPSA) is 119 Å². The predicted octanol–water partition coefficient (Wildman–Crippen LogP) is 6.13. The summed E-state index contributed by atoms with van der Waals surface area (Å²) >= 11 is 1.58. The smallest absolute Gasteiger partial charge is 0.277 e. The van der Waals surface area contributed by atoms with Gasteiger partial charge in [0.2, 0.25) is 5.89 Å². The van der Waals surface area contributed by atoms with Crippen LogP contribution in [0, 0.1) is 6.92 Å². The largest absolute Gasteiger partial charge is 0.444 e. The van der Waals surface area contributed by atoms with Gasteiger partial charge in [0.05, 0.1) is 29.7 Å². The van der Waals surface area contributed by atoms with E-state index in [4.69, 9.17) is 23.5 Å². The Morgan fingerprint density at radius 3 is 2.66 bits per heavy atom. The molecule has 6 rings (SSSR count). The van der Waals surface area contributed by atoms with Crippen molar-refractivity contribution in [3.05, 3.63) is 42.0 Å². The number of amides is 1. The molecule has 0 bridgehead atoms. The van der Waals surface area contributed by atoms with E-state index in [1.165, 1.54) is 6.26 Å². The Bertz CT molecular complexity index is 1640. The van der Waals surface area contributed by atoms with Gasteiger partial charge in [0, 0.05) is 43.6 Å². The molecule has 1 atom stereocenters. The zero-order valence-corrected chi connectivity index (χ0v) is 28.2. The number of thiazole rings is 1. The second kappa shape index (κ2) is 12.2. The average molecular weight is 636 g/mol. The molecule has 11 nitrogen and oxygen atoms in total. The maximum atomic E-state index is 13.6. The standard InChI is InChI=1S/C31H41N7O4SSi/c1-20-16-21(9-10-32-20)29-34-24(19-41-29)28(39)33-23-17-25-26(36-30(43-25)37-12-14-40-15-13-37)35-27(23)38-11-7-8-22(18-38)42-44(5,6)31(2,3)4/h9-10,16-17,19,22H,7-8,11-15,18H2,1-6H3,(H,33,39)/t22-/m1/s1. The summed E-state index contributed by atoms with van der Waals surface area (Å²) in [6.45, 7) is 17.7. The number of hydrogen-bond donors (Lipinski definition) is 1.